The quantitative estimate of drug-likeness (QED) is 0.757. The minimum Gasteiger partial charge on any atom is -0.466 e. The van der Waals surface area contributed by atoms with Gasteiger partial charge in [-0.2, -0.15) is 0 Å². The van der Waals surface area contributed by atoms with Crippen molar-refractivity contribution >= 4 is 5.97 Å². The third-order valence-corrected chi connectivity index (χ3v) is 4.58. The van der Waals surface area contributed by atoms with Crippen LogP contribution in [0.3, 0.4) is 0 Å². The molecule has 0 saturated heterocycles. The van der Waals surface area contributed by atoms with Crippen molar-refractivity contribution in [1.29, 1.82) is 0 Å². The molecule has 0 heterocycles. The van der Waals surface area contributed by atoms with Crippen LogP contribution in [0, 0.1) is 5.41 Å². The van der Waals surface area contributed by atoms with Crippen LogP contribution in [0.2, 0.25) is 0 Å². The highest BCUT2D eigenvalue weighted by Gasteiger charge is 2.53. The Morgan fingerprint density at radius 3 is 2.48 bits per heavy atom. The predicted octanol–water partition coefficient (Wildman–Crippen LogP) is 1.57. The third kappa shape index (κ3) is 2.87. The smallest absolute Gasteiger partial charge is 0.336 e. The van der Waals surface area contributed by atoms with E-state index < -0.39 is 23.6 Å². The monoisotopic (exact) mass is 298 g/mol. The lowest BCUT2D eigenvalue weighted by Gasteiger charge is -2.43. The molecule has 0 aromatic carbocycles. The van der Waals surface area contributed by atoms with E-state index >= 15 is 0 Å². The van der Waals surface area contributed by atoms with Crippen LogP contribution in [0.25, 0.3) is 0 Å². The first-order valence-corrected chi connectivity index (χ1v) is 7.46. The van der Waals surface area contributed by atoms with Gasteiger partial charge in [-0.1, -0.05) is 6.92 Å². The number of ether oxygens (including phenoxy) is 2. The summed E-state index contributed by atoms with van der Waals surface area (Å²) >= 11 is 0. The zero-order valence-electron chi connectivity index (χ0n) is 13.5. The molecule has 0 amide bonds. The van der Waals surface area contributed by atoms with Crippen LogP contribution in [-0.2, 0) is 14.3 Å². The van der Waals surface area contributed by atoms with Gasteiger partial charge < -0.3 is 19.7 Å². The zero-order valence-corrected chi connectivity index (χ0v) is 13.5. The summed E-state index contributed by atoms with van der Waals surface area (Å²) in [6.07, 6.45) is -0.362. The maximum atomic E-state index is 12.0. The summed E-state index contributed by atoms with van der Waals surface area (Å²) in [5.74, 6) is -0.557. The molecule has 0 aromatic heterocycles. The molecule has 2 aliphatic rings. The Hall–Kier alpha value is -0.910. The fourth-order valence-corrected chi connectivity index (χ4v) is 3.66. The van der Waals surface area contributed by atoms with Crippen molar-refractivity contribution < 1.29 is 24.5 Å². The van der Waals surface area contributed by atoms with E-state index in [0.29, 0.717) is 12.8 Å². The van der Waals surface area contributed by atoms with Crippen molar-refractivity contribution in [1.82, 2.24) is 0 Å². The molecule has 0 aliphatic heterocycles. The van der Waals surface area contributed by atoms with E-state index in [1.807, 2.05) is 27.7 Å². The Labute approximate surface area is 125 Å². The van der Waals surface area contributed by atoms with Crippen molar-refractivity contribution in [2.45, 2.75) is 70.9 Å². The molecule has 2 aliphatic carbocycles. The minimum absolute atomic E-state index is 0.0747. The van der Waals surface area contributed by atoms with Gasteiger partial charge in [-0.25, -0.2) is 4.79 Å². The van der Waals surface area contributed by atoms with Crippen LogP contribution < -0.4 is 0 Å². The number of carbonyl (C=O) groups is 1. The standard InChI is InChI=1S/C16H26O5/c1-15(2,3)21-11-7-6-9-12(14(19)20-5)13(18)10(17)8-16(9,11)4/h10-11,13,17-18H,6-8H2,1-5H3/t10?,11-,13?,16-/m1/s1. The van der Waals surface area contributed by atoms with Crippen LogP contribution in [0.4, 0.5) is 0 Å². The number of aliphatic hydroxyl groups excluding tert-OH is 2. The molecule has 2 rings (SSSR count). The maximum Gasteiger partial charge on any atom is 0.336 e. The van der Waals surface area contributed by atoms with Crippen molar-refractivity contribution in [3.05, 3.63) is 11.1 Å². The molecular weight excluding hydrogens is 272 g/mol. The molecule has 0 bridgehead atoms. The molecule has 2 N–H and O–H groups in total. The second-order valence-corrected chi connectivity index (χ2v) is 7.28. The van der Waals surface area contributed by atoms with E-state index in [1.165, 1.54) is 7.11 Å². The van der Waals surface area contributed by atoms with Gasteiger partial charge in [0, 0.05) is 5.41 Å². The van der Waals surface area contributed by atoms with Crippen LogP contribution in [-0.4, -0.2) is 47.2 Å². The molecule has 5 nitrogen and oxygen atoms in total. The average molecular weight is 298 g/mol. The number of fused-ring (bicyclic) bond motifs is 1. The summed E-state index contributed by atoms with van der Waals surface area (Å²) in [5.41, 5.74) is 0.366. The SMILES string of the molecule is COC(=O)C1=C2CC[C@@H](OC(C)(C)C)[C@]2(C)CC(O)C1O. The molecule has 21 heavy (non-hydrogen) atoms. The Kier molecular flexibility index (Phi) is 4.21. The highest BCUT2D eigenvalue weighted by molar-refractivity contribution is 5.91. The number of carbonyl (C=O) groups excluding carboxylic acids is 1. The van der Waals surface area contributed by atoms with Gasteiger partial charge in [0.1, 0.15) is 6.10 Å². The minimum atomic E-state index is -1.17. The van der Waals surface area contributed by atoms with Gasteiger partial charge in [0.25, 0.3) is 0 Å². The Morgan fingerprint density at radius 2 is 1.95 bits per heavy atom. The average Bonchev–Trinajstić information content (AvgIpc) is 2.65. The zero-order chi connectivity index (χ0) is 16.0. The van der Waals surface area contributed by atoms with E-state index in [-0.39, 0.29) is 17.3 Å². The molecular formula is C16H26O5. The summed E-state index contributed by atoms with van der Waals surface area (Å²) in [6.45, 7) is 7.98. The Bertz CT molecular complexity index is 462. The number of aliphatic hydroxyl groups is 2. The van der Waals surface area contributed by atoms with Crippen molar-refractivity contribution in [3.8, 4) is 0 Å². The maximum absolute atomic E-state index is 12.0. The molecule has 4 atom stereocenters. The van der Waals surface area contributed by atoms with E-state index in [0.717, 1.165) is 12.0 Å². The number of methoxy groups -OCH3 is 1. The highest BCUT2D eigenvalue weighted by atomic mass is 16.5. The lowest BCUT2D eigenvalue weighted by molar-refractivity contribution is -0.140. The van der Waals surface area contributed by atoms with Gasteiger partial charge in [-0.3, -0.25) is 0 Å². The summed E-state index contributed by atoms with van der Waals surface area (Å²) in [6, 6.07) is 0. The molecule has 5 heteroatoms. The van der Waals surface area contributed by atoms with E-state index in [2.05, 4.69) is 0 Å². The van der Waals surface area contributed by atoms with Crippen molar-refractivity contribution in [3.63, 3.8) is 0 Å². The number of hydrogen-bond donors (Lipinski definition) is 2. The number of hydrogen-bond acceptors (Lipinski definition) is 5. The lowest BCUT2D eigenvalue weighted by Crippen LogP contribution is -2.47. The Morgan fingerprint density at radius 1 is 1.33 bits per heavy atom. The summed E-state index contributed by atoms with van der Waals surface area (Å²) in [5, 5.41) is 20.3. The molecule has 1 fully saturated rings. The van der Waals surface area contributed by atoms with Crippen molar-refractivity contribution in [2.75, 3.05) is 7.11 Å². The summed E-state index contributed by atoms with van der Waals surface area (Å²) in [4.78, 5) is 12.0. The van der Waals surface area contributed by atoms with Gasteiger partial charge in [0.05, 0.1) is 30.5 Å². The molecule has 2 unspecified atom stereocenters. The normalized spacial score (nSPS) is 36.6. The lowest BCUT2D eigenvalue weighted by atomic mass is 9.69. The van der Waals surface area contributed by atoms with Crippen LogP contribution >= 0.6 is 0 Å². The van der Waals surface area contributed by atoms with Gasteiger partial charge in [0.15, 0.2) is 0 Å². The summed E-state index contributed by atoms with van der Waals surface area (Å²) < 4.78 is 10.9. The van der Waals surface area contributed by atoms with Gasteiger partial charge in [0.2, 0.25) is 0 Å². The van der Waals surface area contributed by atoms with Crippen LogP contribution in [0.15, 0.2) is 11.1 Å². The molecule has 1 saturated carbocycles. The van der Waals surface area contributed by atoms with Crippen molar-refractivity contribution in [2.24, 2.45) is 5.41 Å². The number of rotatable bonds is 2. The van der Waals surface area contributed by atoms with Gasteiger partial charge in [-0.05, 0) is 45.6 Å². The largest absolute Gasteiger partial charge is 0.466 e. The first-order valence-electron chi connectivity index (χ1n) is 7.46. The van der Waals surface area contributed by atoms with Gasteiger partial charge in [-0.15, -0.1) is 0 Å². The van der Waals surface area contributed by atoms with Crippen LogP contribution in [0.1, 0.15) is 47.0 Å². The fraction of sp³-hybridized carbons (Fsp3) is 0.812. The fourth-order valence-electron chi connectivity index (χ4n) is 3.66. The van der Waals surface area contributed by atoms with Crippen LogP contribution in [0.5, 0.6) is 0 Å². The second-order valence-electron chi connectivity index (χ2n) is 7.28. The predicted molar refractivity (Wildman–Crippen MR) is 77.6 cm³/mol. The van der Waals surface area contributed by atoms with E-state index in [4.69, 9.17) is 9.47 Å². The molecule has 0 radical (unpaired) electrons. The van der Waals surface area contributed by atoms with Gasteiger partial charge >= 0.3 is 5.97 Å². The van der Waals surface area contributed by atoms with E-state index in [1.54, 1.807) is 0 Å². The van der Waals surface area contributed by atoms with E-state index in [9.17, 15) is 15.0 Å². The molecule has 0 aromatic rings. The topological polar surface area (TPSA) is 76.0 Å². The first-order chi connectivity index (χ1) is 9.60. The number of esters is 1. The first kappa shape index (κ1) is 16.5. The molecule has 120 valence electrons. The third-order valence-electron chi connectivity index (χ3n) is 4.58. The molecule has 0 spiro atoms. The Balaban J connectivity index is 2.44. The second kappa shape index (κ2) is 5.38. The summed E-state index contributed by atoms with van der Waals surface area (Å²) in [7, 11) is 1.29. The highest BCUT2D eigenvalue weighted by Crippen LogP contribution is 2.53.